The molecule has 0 atom stereocenters. The van der Waals surface area contributed by atoms with Crippen molar-refractivity contribution in [3.8, 4) is 0 Å². The Hall–Kier alpha value is 0.394. The summed E-state index contributed by atoms with van der Waals surface area (Å²) in [6.45, 7) is 2.00. The molecule has 0 aromatic carbocycles. The average Bonchev–Trinajstić information content (AvgIpc) is 2.08. The fourth-order valence-corrected chi connectivity index (χ4v) is 0. The third kappa shape index (κ3) is 80.1. The molecule has 4 nitrogen and oxygen atoms in total. The Balaban J connectivity index is -0.0000000787. The van der Waals surface area contributed by atoms with Crippen molar-refractivity contribution in [1.29, 1.82) is 0 Å². The van der Waals surface area contributed by atoms with Crippen molar-refractivity contribution in [2.75, 3.05) is 19.8 Å². The monoisotopic (exact) mass is 186 g/mol. The standard InChI is InChI=1S/C3H8O.C2H6O2.O.Ti/c1-2-3-4;3-1-2-4;;/h4H,2-3H2,1H3;3-4H,1-2H2;;. The predicted molar refractivity (Wildman–Crippen MR) is 32.2 cm³/mol. The van der Waals surface area contributed by atoms with E-state index in [-0.39, 0.29) is 13.2 Å². The molecule has 0 aliphatic heterocycles. The van der Waals surface area contributed by atoms with E-state index in [1.54, 1.807) is 0 Å². The SMILES string of the molecule is CCCO.OCCO.[O]=[Ti]. The second-order valence-corrected chi connectivity index (χ2v) is 1.17. The Morgan fingerprint density at radius 1 is 1.00 bits per heavy atom. The molecule has 0 fully saturated rings. The molecule has 0 radical (unpaired) electrons. The minimum absolute atomic E-state index is 0.125. The molecule has 10 heavy (non-hydrogen) atoms. The van der Waals surface area contributed by atoms with Gasteiger partial charge < -0.3 is 15.3 Å². The van der Waals surface area contributed by atoms with Crippen molar-refractivity contribution in [2.45, 2.75) is 13.3 Å². The molecule has 0 unspecified atom stereocenters. The van der Waals surface area contributed by atoms with Crippen LogP contribution < -0.4 is 0 Å². The van der Waals surface area contributed by atoms with Gasteiger partial charge in [-0.05, 0) is 6.42 Å². The summed E-state index contributed by atoms with van der Waals surface area (Å²) in [5, 5.41) is 23.1. The Labute approximate surface area is 72.6 Å². The Kier molecular flexibility index (Phi) is 57.5. The maximum absolute atomic E-state index is 8.25. The van der Waals surface area contributed by atoms with Crippen LogP contribution in [0.3, 0.4) is 0 Å². The molecule has 0 spiro atoms. The van der Waals surface area contributed by atoms with E-state index in [9.17, 15) is 0 Å². The molecular weight excluding hydrogens is 172 g/mol. The first-order valence-electron chi connectivity index (χ1n) is 2.86. The van der Waals surface area contributed by atoms with Gasteiger partial charge in [-0.15, -0.1) is 0 Å². The van der Waals surface area contributed by atoms with Crippen LogP contribution in [-0.2, 0) is 23.7 Å². The van der Waals surface area contributed by atoms with Crippen molar-refractivity contribution in [3.05, 3.63) is 0 Å². The molecule has 0 heterocycles. The molecule has 3 N–H and O–H groups in total. The molecular formula is C5H14O4Ti. The van der Waals surface area contributed by atoms with Gasteiger partial charge in [0, 0.05) is 6.61 Å². The molecule has 0 rings (SSSR count). The van der Waals surface area contributed by atoms with Crippen molar-refractivity contribution in [3.63, 3.8) is 0 Å². The molecule has 0 amide bonds. The Morgan fingerprint density at radius 2 is 1.20 bits per heavy atom. The molecule has 62 valence electrons. The number of aliphatic hydroxyl groups excluding tert-OH is 3. The molecule has 0 aliphatic rings. The van der Waals surface area contributed by atoms with Crippen LogP contribution in [0.15, 0.2) is 0 Å². The molecule has 0 saturated heterocycles. The summed E-state index contributed by atoms with van der Waals surface area (Å²) in [6.07, 6.45) is 0.875. The zero-order valence-electron chi connectivity index (χ0n) is 6.08. The second-order valence-electron chi connectivity index (χ2n) is 1.17. The van der Waals surface area contributed by atoms with E-state index in [1.165, 1.54) is 0 Å². The van der Waals surface area contributed by atoms with Gasteiger partial charge in [0.15, 0.2) is 0 Å². The first-order valence-corrected chi connectivity index (χ1v) is 3.50. The minimum atomic E-state index is -0.125. The van der Waals surface area contributed by atoms with Gasteiger partial charge in [0.2, 0.25) is 0 Å². The summed E-state index contributed by atoms with van der Waals surface area (Å²) in [4.78, 5) is 0. The topological polar surface area (TPSA) is 77.8 Å². The van der Waals surface area contributed by atoms with Crippen LogP contribution in [0.4, 0.5) is 0 Å². The first-order chi connectivity index (χ1) is 4.83. The van der Waals surface area contributed by atoms with Gasteiger partial charge in [0.1, 0.15) is 0 Å². The van der Waals surface area contributed by atoms with Crippen LogP contribution in [0.5, 0.6) is 0 Å². The summed E-state index contributed by atoms with van der Waals surface area (Å²) < 4.78 is 8.25. The predicted octanol–water partition coefficient (Wildman–Crippen LogP) is -0.762. The van der Waals surface area contributed by atoms with Crippen molar-refractivity contribution in [1.82, 2.24) is 0 Å². The van der Waals surface area contributed by atoms with E-state index in [4.69, 9.17) is 18.6 Å². The van der Waals surface area contributed by atoms with Crippen LogP contribution in [0.2, 0.25) is 0 Å². The number of hydrogen-bond acceptors (Lipinski definition) is 4. The quantitative estimate of drug-likeness (QED) is 0.495. The number of rotatable bonds is 2. The van der Waals surface area contributed by atoms with Gasteiger partial charge in [-0.3, -0.25) is 0 Å². The summed E-state index contributed by atoms with van der Waals surface area (Å²) in [5.74, 6) is 0. The number of hydrogen-bond donors (Lipinski definition) is 3. The van der Waals surface area contributed by atoms with Gasteiger partial charge in [0.05, 0.1) is 13.2 Å². The Morgan fingerprint density at radius 3 is 1.20 bits per heavy atom. The second kappa shape index (κ2) is 34.3. The van der Waals surface area contributed by atoms with Crippen LogP contribution in [0.25, 0.3) is 0 Å². The maximum atomic E-state index is 8.25. The molecule has 5 heteroatoms. The van der Waals surface area contributed by atoms with Crippen molar-refractivity contribution in [2.24, 2.45) is 0 Å². The summed E-state index contributed by atoms with van der Waals surface area (Å²) in [5.41, 5.74) is 0. The Bertz CT molecular complexity index is 28.8. The zero-order chi connectivity index (χ0) is 8.83. The third-order valence-corrected chi connectivity index (χ3v) is 0.324. The fraction of sp³-hybridized carbons (Fsp3) is 1.00. The van der Waals surface area contributed by atoms with Crippen LogP contribution >= 0.6 is 0 Å². The van der Waals surface area contributed by atoms with E-state index in [0.29, 0.717) is 6.61 Å². The van der Waals surface area contributed by atoms with E-state index < -0.39 is 0 Å². The van der Waals surface area contributed by atoms with E-state index in [0.717, 1.165) is 26.8 Å². The molecule has 0 bridgehead atoms. The van der Waals surface area contributed by atoms with Crippen LogP contribution in [-0.4, -0.2) is 35.1 Å². The summed E-state index contributed by atoms with van der Waals surface area (Å²) in [6, 6.07) is 0. The zero-order valence-corrected chi connectivity index (χ0v) is 7.64. The van der Waals surface area contributed by atoms with Crippen LogP contribution in [0, 0.1) is 0 Å². The third-order valence-electron chi connectivity index (χ3n) is 0.324. The summed E-state index contributed by atoms with van der Waals surface area (Å²) in [7, 11) is 0. The van der Waals surface area contributed by atoms with Gasteiger partial charge in [0.25, 0.3) is 0 Å². The fourth-order valence-electron chi connectivity index (χ4n) is 0. The summed E-state index contributed by atoms with van der Waals surface area (Å²) >= 11 is 0.750. The first kappa shape index (κ1) is 16.8. The van der Waals surface area contributed by atoms with Gasteiger partial charge in [-0.2, -0.15) is 0 Å². The normalized spacial score (nSPS) is 6.30. The van der Waals surface area contributed by atoms with Gasteiger partial charge >= 0.3 is 23.7 Å². The van der Waals surface area contributed by atoms with Crippen LogP contribution in [0.1, 0.15) is 13.3 Å². The molecule has 0 saturated carbocycles. The van der Waals surface area contributed by atoms with Gasteiger partial charge in [-0.25, -0.2) is 0 Å². The molecule has 0 aromatic heterocycles. The average molecular weight is 186 g/mol. The van der Waals surface area contributed by atoms with Crippen molar-refractivity contribution < 1.29 is 39.0 Å². The van der Waals surface area contributed by atoms with E-state index in [2.05, 4.69) is 0 Å². The van der Waals surface area contributed by atoms with Gasteiger partial charge in [-0.1, -0.05) is 6.92 Å². The molecule has 0 aliphatic carbocycles. The number of aliphatic hydroxyl groups is 3. The van der Waals surface area contributed by atoms with Crippen molar-refractivity contribution >= 4 is 0 Å². The van der Waals surface area contributed by atoms with E-state index >= 15 is 0 Å². The van der Waals surface area contributed by atoms with E-state index in [1.807, 2.05) is 6.92 Å². The molecule has 0 aromatic rings.